The summed E-state index contributed by atoms with van der Waals surface area (Å²) < 4.78 is 0. The molecule has 0 aliphatic carbocycles. The fraction of sp³-hybridized carbons (Fsp3) is 0.533. The van der Waals surface area contributed by atoms with Crippen molar-refractivity contribution in [3.05, 3.63) is 29.8 Å². The Balaban J connectivity index is 2.52. The van der Waals surface area contributed by atoms with E-state index in [0.717, 1.165) is 36.4 Å². The van der Waals surface area contributed by atoms with E-state index in [0.29, 0.717) is 0 Å². The third-order valence-electron chi connectivity index (χ3n) is 3.26. The summed E-state index contributed by atoms with van der Waals surface area (Å²) >= 11 is 1.84. The van der Waals surface area contributed by atoms with Crippen LogP contribution < -0.4 is 11.1 Å². The predicted molar refractivity (Wildman–Crippen MR) is 84.5 cm³/mol. The van der Waals surface area contributed by atoms with Crippen LogP contribution in [0.3, 0.4) is 0 Å². The van der Waals surface area contributed by atoms with Crippen molar-refractivity contribution < 1.29 is 4.79 Å². The molecule has 0 atom stereocenters. The van der Waals surface area contributed by atoms with E-state index in [1.165, 1.54) is 0 Å². The Morgan fingerprint density at radius 3 is 2.47 bits per heavy atom. The highest BCUT2D eigenvalue weighted by Crippen LogP contribution is 2.24. The first kappa shape index (κ1) is 15.9. The quantitative estimate of drug-likeness (QED) is 0.596. The van der Waals surface area contributed by atoms with Crippen LogP contribution in [0.4, 0.5) is 5.69 Å². The number of hydrogen-bond donors (Lipinski definition) is 2. The van der Waals surface area contributed by atoms with E-state index >= 15 is 0 Å². The van der Waals surface area contributed by atoms with Gasteiger partial charge in [0.05, 0.1) is 5.41 Å². The molecule has 0 unspecified atom stereocenters. The third kappa shape index (κ3) is 4.78. The number of nitrogen functional groups attached to an aromatic ring is 1. The molecule has 1 aromatic rings. The molecule has 0 bridgehead atoms. The number of hydrogen-bond acceptors (Lipinski definition) is 3. The van der Waals surface area contributed by atoms with E-state index < -0.39 is 5.41 Å². The maximum Gasteiger partial charge on any atom is 0.230 e. The van der Waals surface area contributed by atoms with Crippen molar-refractivity contribution in [2.45, 2.75) is 32.1 Å². The molecule has 0 saturated carbocycles. The minimum atomic E-state index is -0.521. The molecule has 19 heavy (non-hydrogen) atoms. The highest BCUT2D eigenvalue weighted by atomic mass is 32.2. The summed E-state index contributed by atoms with van der Waals surface area (Å²) in [6.07, 6.45) is 4.27. The van der Waals surface area contributed by atoms with Gasteiger partial charge in [-0.15, -0.1) is 0 Å². The van der Waals surface area contributed by atoms with Crippen LogP contribution in [0.25, 0.3) is 0 Å². The number of amides is 1. The number of carbonyl (C=O) groups excluding carboxylic acids is 1. The highest BCUT2D eigenvalue weighted by molar-refractivity contribution is 7.98. The molecule has 0 aliphatic heterocycles. The van der Waals surface area contributed by atoms with Gasteiger partial charge in [-0.05, 0) is 56.4 Å². The van der Waals surface area contributed by atoms with Crippen LogP contribution >= 0.6 is 11.8 Å². The first-order chi connectivity index (χ1) is 8.98. The summed E-state index contributed by atoms with van der Waals surface area (Å²) in [5.41, 5.74) is 6.86. The summed E-state index contributed by atoms with van der Waals surface area (Å²) in [5.74, 6) is 1.22. The van der Waals surface area contributed by atoms with Crippen molar-refractivity contribution in [2.24, 2.45) is 0 Å². The zero-order chi connectivity index (χ0) is 14.3. The molecular weight excluding hydrogens is 256 g/mol. The Bertz CT molecular complexity index is 401. The predicted octanol–water partition coefficient (Wildman–Crippen LogP) is 2.81. The van der Waals surface area contributed by atoms with Crippen LogP contribution in [0, 0.1) is 0 Å². The number of anilines is 1. The lowest BCUT2D eigenvalue weighted by Crippen LogP contribution is -2.40. The van der Waals surface area contributed by atoms with Gasteiger partial charge in [0.25, 0.3) is 0 Å². The molecule has 3 nitrogen and oxygen atoms in total. The second-order valence-electron chi connectivity index (χ2n) is 5.20. The smallest absolute Gasteiger partial charge is 0.230 e. The molecule has 1 rings (SSSR count). The van der Waals surface area contributed by atoms with Gasteiger partial charge in [-0.1, -0.05) is 12.1 Å². The minimum Gasteiger partial charge on any atom is -0.399 e. The largest absolute Gasteiger partial charge is 0.399 e. The van der Waals surface area contributed by atoms with E-state index in [-0.39, 0.29) is 5.91 Å². The molecule has 0 saturated heterocycles. The van der Waals surface area contributed by atoms with Crippen molar-refractivity contribution in [1.29, 1.82) is 0 Å². The zero-order valence-corrected chi connectivity index (χ0v) is 12.8. The molecule has 106 valence electrons. The Kier molecular flexibility index (Phi) is 6.22. The van der Waals surface area contributed by atoms with Crippen LogP contribution in [0.2, 0.25) is 0 Å². The Hall–Kier alpha value is -1.16. The van der Waals surface area contributed by atoms with E-state index in [1.54, 1.807) is 0 Å². The molecule has 0 spiro atoms. The molecule has 0 heterocycles. The highest BCUT2D eigenvalue weighted by Gasteiger charge is 2.29. The molecule has 1 amide bonds. The Labute approximate surface area is 120 Å². The van der Waals surface area contributed by atoms with Gasteiger partial charge in [-0.2, -0.15) is 11.8 Å². The summed E-state index contributed by atoms with van der Waals surface area (Å²) in [4.78, 5) is 12.2. The molecule has 0 aliphatic rings. The van der Waals surface area contributed by atoms with Gasteiger partial charge in [-0.3, -0.25) is 4.79 Å². The lowest BCUT2D eigenvalue weighted by atomic mass is 9.83. The van der Waals surface area contributed by atoms with Crippen LogP contribution in [-0.4, -0.2) is 24.5 Å². The number of thioether (sulfide) groups is 1. The van der Waals surface area contributed by atoms with Gasteiger partial charge in [0.15, 0.2) is 0 Å². The third-order valence-corrected chi connectivity index (χ3v) is 3.96. The van der Waals surface area contributed by atoms with Crippen molar-refractivity contribution in [3.63, 3.8) is 0 Å². The Morgan fingerprint density at radius 1 is 1.26 bits per heavy atom. The number of carbonyl (C=O) groups is 1. The lowest BCUT2D eigenvalue weighted by molar-refractivity contribution is -0.125. The average molecular weight is 280 g/mol. The fourth-order valence-corrected chi connectivity index (χ4v) is 2.32. The van der Waals surface area contributed by atoms with Crippen LogP contribution in [0.1, 0.15) is 32.3 Å². The maximum atomic E-state index is 12.2. The second-order valence-corrected chi connectivity index (χ2v) is 6.19. The van der Waals surface area contributed by atoms with E-state index in [1.807, 2.05) is 49.9 Å². The summed E-state index contributed by atoms with van der Waals surface area (Å²) in [5, 5.41) is 3.02. The van der Waals surface area contributed by atoms with Crippen LogP contribution in [0.5, 0.6) is 0 Å². The summed E-state index contributed by atoms with van der Waals surface area (Å²) in [7, 11) is 0. The number of benzene rings is 1. The number of rotatable bonds is 7. The topological polar surface area (TPSA) is 55.1 Å². The van der Waals surface area contributed by atoms with Crippen LogP contribution in [0.15, 0.2) is 24.3 Å². The maximum absolute atomic E-state index is 12.2. The van der Waals surface area contributed by atoms with Crippen LogP contribution in [-0.2, 0) is 10.2 Å². The van der Waals surface area contributed by atoms with E-state index in [2.05, 4.69) is 11.6 Å². The normalized spacial score (nSPS) is 11.3. The molecular formula is C15H24N2OS. The van der Waals surface area contributed by atoms with Gasteiger partial charge in [-0.25, -0.2) is 0 Å². The zero-order valence-electron chi connectivity index (χ0n) is 12.0. The molecule has 0 aromatic heterocycles. The van der Waals surface area contributed by atoms with Gasteiger partial charge < -0.3 is 11.1 Å². The van der Waals surface area contributed by atoms with Gasteiger partial charge >= 0.3 is 0 Å². The monoisotopic (exact) mass is 280 g/mol. The van der Waals surface area contributed by atoms with E-state index in [9.17, 15) is 4.79 Å². The SMILES string of the molecule is CSCCCCNC(=O)C(C)(C)c1ccc(N)cc1. The molecule has 1 aromatic carbocycles. The molecule has 4 heteroatoms. The van der Waals surface area contributed by atoms with Gasteiger partial charge in [0.2, 0.25) is 5.91 Å². The average Bonchev–Trinajstić information content (AvgIpc) is 2.38. The Morgan fingerprint density at radius 2 is 1.89 bits per heavy atom. The number of nitrogens with one attached hydrogen (secondary N) is 1. The van der Waals surface area contributed by atoms with Gasteiger partial charge in [0, 0.05) is 12.2 Å². The van der Waals surface area contributed by atoms with Crippen molar-refractivity contribution in [2.75, 3.05) is 24.3 Å². The minimum absolute atomic E-state index is 0.0708. The number of nitrogens with two attached hydrogens (primary N) is 1. The summed E-state index contributed by atoms with van der Waals surface area (Å²) in [6.45, 7) is 4.63. The molecule has 3 N–H and O–H groups in total. The number of unbranched alkanes of at least 4 members (excludes halogenated alkanes) is 1. The summed E-state index contributed by atoms with van der Waals surface area (Å²) in [6, 6.07) is 7.51. The second kappa shape index (κ2) is 7.43. The fourth-order valence-electron chi connectivity index (χ4n) is 1.83. The lowest BCUT2D eigenvalue weighted by Gasteiger charge is -2.24. The van der Waals surface area contributed by atoms with Gasteiger partial charge in [0.1, 0.15) is 0 Å². The first-order valence-electron chi connectivity index (χ1n) is 6.61. The molecule has 0 fully saturated rings. The van der Waals surface area contributed by atoms with Crippen molar-refractivity contribution >= 4 is 23.4 Å². The molecule has 0 radical (unpaired) electrons. The van der Waals surface area contributed by atoms with E-state index in [4.69, 9.17) is 5.73 Å². The van der Waals surface area contributed by atoms with Crippen molar-refractivity contribution in [1.82, 2.24) is 5.32 Å². The first-order valence-corrected chi connectivity index (χ1v) is 8.01. The standard InChI is InChI=1S/C15H24N2OS/c1-15(2,12-6-8-13(16)9-7-12)14(18)17-10-4-5-11-19-3/h6-9H,4-5,10-11,16H2,1-3H3,(H,17,18). The van der Waals surface area contributed by atoms with Crippen molar-refractivity contribution in [3.8, 4) is 0 Å².